The van der Waals surface area contributed by atoms with Crippen molar-refractivity contribution in [2.24, 2.45) is 0 Å². The van der Waals surface area contributed by atoms with Gasteiger partial charge < -0.3 is 20.1 Å². The fourth-order valence-electron chi connectivity index (χ4n) is 4.16. The van der Waals surface area contributed by atoms with Crippen LogP contribution in [0.15, 0.2) is 12.1 Å². The normalized spacial score (nSPS) is 20.9. The molecule has 3 heterocycles. The molecule has 1 saturated carbocycles. The quantitative estimate of drug-likeness (QED) is 0.743. The van der Waals surface area contributed by atoms with Gasteiger partial charge in [0, 0.05) is 12.1 Å². The lowest BCUT2D eigenvalue weighted by atomic mass is 9.97. The molecule has 9 nitrogen and oxygen atoms in total. The monoisotopic (exact) mass is 416 g/mol. The second-order valence-corrected chi connectivity index (χ2v) is 8.57. The van der Waals surface area contributed by atoms with Gasteiger partial charge in [-0.05, 0) is 19.8 Å². The molecule has 2 aromatic rings. The Labute approximate surface area is 170 Å². The number of aromatic nitrogens is 1. The Balaban J connectivity index is 1.34. The summed E-state index contributed by atoms with van der Waals surface area (Å²) >= 11 is 1.30. The molecular weight excluding hydrogens is 396 g/mol. The van der Waals surface area contributed by atoms with E-state index in [1.807, 2.05) is 6.07 Å². The van der Waals surface area contributed by atoms with Crippen LogP contribution >= 0.6 is 11.3 Å². The van der Waals surface area contributed by atoms with Crippen LogP contribution in [-0.4, -0.2) is 52.5 Å². The number of thiazole rings is 1. The Kier molecular flexibility index (Phi) is 4.12. The maximum absolute atomic E-state index is 12.8. The number of anilines is 1. The van der Waals surface area contributed by atoms with E-state index in [0.29, 0.717) is 48.2 Å². The highest BCUT2D eigenvalue weighted by Gasteiger charge is 2.54. The van der Waals surface area contributed by atoms with Gasteiger partial charge in [0.2, 0.25) is 5.91 Å². The van der Waals surface area contributed by atoms with Gasteiger partial charge in [-0.3, -0.25) is 9.59 Å². The van der Waals surface area contributed by atoms with Crippen LogP contribution in [0, 0.1) is 0 Å². The number of carbonyl (C=O) groups excluding carboxylic acids is 3. The minimum Gasteiger partial charge on any atom is -0.486 e. The molecule has 1 spiro atoms. The lowest BCUT2D eigenvalue weighted by Crippen LogP contribution is -2.48. The van der Waals surface area contributed by atoms with Crippen molar-refractivity contribution in [1.29, 1.82) is 0 Å². The first-order chi connectivity index (χ1) is 14.0. The van der Waals surface area contributed by atoms with Crippen molar-refractivity contribution in [1.82, 2.24) is 15.2 Å². The maximum atomic E-state index is 12.8. The molecule has 2 fully saturated rings. The smallest absolute Gasteiger partial charge is 0.325 e. The van der Waals surface area contributed by atoms with E-state index < -0.39 is 23.5 Å². The SMILES string of the molecule is CC(C(=O)Nc1nc2cc3c(cc2s1)OCCO3)N1C(=O)NC2(CCCC2)C1=O. The fraction of sp³-hybridized carbons (Fsp3) is 0.474. The Hall–Kier alpha value is -2.88. The number of carbonyl (C=O) groups is 3. The van der Waals surface area contributed by atoms with Crippen LogP contribution in [-0.2, 0) is 9.59 Å². The summed E-state index contributed by atoms with van der Waals surface area (Å²) in [5, 5.41) is 5.92. The van der Waals surface area contributed by atoms with E-state index in [2.05, 4.69) is 15.6 Å². The largest absolute Gasteiger partial charge is 0.486 e. The molecule has 1 aliphatic carbocycles. The number of benzene rings is 1. The average Bonchev–Trinajstić information content (AvgIpc) is 3.38. The van der Waals surface area contributed by atoms with E-state index in [1.54, 1.807) is 13.0 Å². The maximum Gasteiger partial charge on any atom is 0.325 e. The first kappa shape index (κ1) is 18.2. The van der Waals surface area contributed by atoms with Crippen molar-refractivity contribution < 1.29 is 23.9 Å². The molecule has 0 bridgehead atoms. The summed E-state index contributed by atoms with van der Waals surface area (Å²) in [7, 11) is 0. The fourth-order valence-corrected chi connectivity index (χ4v) is 5.03. The van der Waals surface area contributed by atoms with Crippen molar-refractivity contribution in [2.45, 2.75) is 44.2 Å². The number of nitrogens with one attached hydrogen (secondary N) is 2. The number of hydrogen-bond acceptors (Lipinski definition) is 7. The topological polar surface area (TPSA) is 110 Å². The molecule has 3 aliphatic rings. The number of amides is 4. The molecule has 152 valence electrons. The van der Waals surface area contributed by atoms with Crippen LogP contribution in [0.1, 0.15) is 32.6 Å². The standard InChI is InChI=1S/C19H20N4O5S/c1-10(23-16(25)19(22-18(23)26)4-2-3-5-19)15(24)21-17-20-11-8-12-13(9-14(11)29-17)28-7-6-27-12/h8-10H,2-7H2,1H3,(H,22,26)(H,20,21,24). The highest BCUT2D eigenvalue weighted by molar-refractivity contribution is 7.22. The number of urea groups is 1. The van der Waals surface area contributed by atoms with Crippen molar-refractivity contribution in [3.05, 3.63) is 12.1 Å². The summed E-state index contributed by atoms with van der Waals surface area (Å²) in [5.74, 6) is 0.509. The van der Waals surface area contributed by atoms with Gasteiger partial charge in [-0.25, -0.2) is 14.7 Å². The summed E-state index contributed by atoms with van der Waals surface area (Å²) in [6.45, 7) is 2.53. The summed E-state index contributed by atoms with van der Waals surface area (Å²) < 4.78 is 12.0. The van der Waals surface area contributed by atoms with Crippen molar-refractivity contribution in [3.63, 3.8) is 0 Å². The lowest BCUT2D eigenvalue weighted by Gasteiger charge is -2.23. The highest BCUT2D eigenvalue weighted by Crippen LogP contribution is 2.38. The molecule has 1 aromatic heterocycles. The second-order valence-electron chi connectivity index (χ2n) is 7.54. The van der Waals surface area contributed by atoms with E-state index >= 15 is 0 Å². The molecule has 0 radical (unpaired) electrons. The lowest BCUT2D eigenvalue weighted by molar-refractivity contribution is -0.136. The zero-order valence-electron chi connectivity index (χ0n) is 15.8. The van der Waals surface area contributed by atoms with E-state index in [9.17, 15) is 14.4 Å². The van der Waals surface area contributed by atoms with E-state index in [1.165, 1.54) is 11.3 Å². The molecule has 1 saturated heterocycles. The Morgan fingerprint density at radius 2 is 1.93 bits per heavy atom. The number of fused-ring (bicyclic) bond motifs is 2. The van der Waals surface area contributed by atoms with Crippen molar-refractivity contribution in [2.75, 3.05) is 18.5 Å². The number of imide groups is 1. The molecule has 1 atom stereocenters. The summed E-state index contributed by atoms with van der Waals surface area (Å²) in [6, 6.07) is 2.17. The minimum absolute atomic E-state index is 0.311. The molecule has 2 aliphatic heterocycles. The van der Waals surface area contributed by atoms with Gasteiger partial charge in [0.15, 0.2) is 16.6 Å². The Morgan fingerprint density at radius 3 is 2.66 bits per heavy atom. The number of nitrogens with zero attached hydrogens (tertiary/aromatic N) is 2. The molecule has 29 heavy (non-hydrogen) atoms. The molecule has 2 N–H and O–H groups in total. The van der Waals surface area contributed by atoms with E-state index in [4.69, 9.17) is 9.47 Å². The zero-order chi connectivity index (χ0) is 20.2. The van der Waals surface area contributed by atoms with Crippen LogP contribution in [0.3, 0.4) is 0 Å². The summed E-state index contributed by atoms with van der Waals surface area (Å²) in [6.07, 6.45) is 3.03. The van der Waals surface area contributed by atoms with Crippen molar-refractivity contribution >= 4 is 44.5 Å². The highest BCUT2D eigenvalue weighted by atomic mass is 32.1. The van der Waals surface area contributed by atoms with Gasteiger partial charge in [0.05, 0.1) is 10.2 Å². The third-order valence-electron chi connectivity index (χ3n) is 5.70. The van der Waals surface area contributed by atoms with Crippen LogP contribution in [0.25, 0.3) is 10.2 Å². The van der Waals surface area contributed by atoms with Gasteiger partial charge in [0.1, 0.15) is 24.8 Å². The van der Waals surface area contributed by atoms with Gasteiger partial charge >= 0.3 is 6.03 Å². The van der Waals surface area contributed by atoms with Crippen LogP contribution in [0.4, 0.5) is 9.93 Å². The first-order valence-corrected chi connectivity index (χ1v) is 10.5. The molecular formula is C19H20N4O5S. The number of hydrogen-bond donors (Lipinski definition) is 2. The predicted molar refractivity (Wildman–Crippen MR) is 105 cm³/mol. The second kappa shape index (κ2) is 6.58. The van der Waals surface area contributed by atoms with Crippen LogP contribution in [0.5, 0.6) is 11.5 Å². The number of rotatable bonds is 3. The zero-order valence-corrected chi connectivity index (χ0v) is 16.6. The van der Waals surface area contributed by atoms with Gasteiger partial charge in [-0.1, -0.05) is 24.2 Å². The van der Waals surface area contributed by atoms with Crippen molar-refractivity contribution in [3.8, 4) is 11.5 Å². The van der Waals surface area contributed by atoms with E-state index in [0.717, 1.165) is 22.4 Å². The average molecular weight is 416 g/mol. The molecule has 1 aromatic carbocycles. The summed E-state index contributed by atoms with van der Waals surface area (Å²) in [4.78, 5) is 43.5. The molecule has 1 unspecified atom stereocenters. The molecule has 10 heteroatoms. The van der Waals surface area contributed by atoms with Gasteiger partial charge in [-0.2, -0.15) is 0 Å². The number of ether oxygens (including phenoxy) is 2. The summed E-state index contributed by atoms with van der Waals surface area (Å²) in [5.41, 5.74) is -0.150. The Bertz CT molecular complexity index is 986. The first-order valence-electron chi connectivity index (χ1n) is 9.64. The Morgan fingerprint density at radius 1 is 1.24 bits per heavy atom. The predicted octanol–water partition coefficient (Wildman–Crippen LogP) is 2.26. The third-order valence-corrected chi connectivity index (χ3v) is 6.63. The van der Waals surface area contributed by atoms with E-state index in [-0.39, 0.29) is 5.91 Å². The van der Waals surface area contributed by atoms with Gasteiger partial charge in [0.25, 0.3) is 5.91 Å². The van der Waals surface area contributed by atoms with Gasteiger partial charge in [-0.15, -0.1) is 0 Å². The third kappa shape index (κ3) is 2.89. The van der Waals surface area contributed by atoms with Crippen LogP contribution in [0.2, 0.25) is 0 Å². The molecule has 5 rings (SSSR count). The van der Waals surface area contributed by atoms with Crippen LogP contribution < -0.4 is 20.1 Å². The minimum atomic E-state index is -0.936. The molecule has 4 amide bonds.